The van der Waals surface area contributed by atoms with Crippen molar-refractivity contribution < 1.29 is 13.9 Å². The van der Waals surface area contributed by atoms with Gasteiger partial charge in [-0.15, -0.1) is 11.3 Å². The van der Waals surface area contributed by atoms with Crippen molar-refractivity contribution >= 4 is 11.3 Å². The Morgan fingerprint density at radius 3 is 2.11 bits per heavy atom. The Balaban J connectivity index is 1.97. The average molecular weight is 379 g/mol. The van der Waals surface area contributed by atoms with E-state index in [1.165, 1.54) is 23.5 Å². The zero-order valence-electron chi connectivity index (χ0n) is 14.1. The summed E-state index contributed by atoms with van der Waals surface area (Å²) in [5, 5.41) is 12.8. The molecule has 4 rings (SSSR count). The van der Waals surface area contributed by atoms with Gasteiger partial charge < -0.3 is 5.11 Å². The van der Waals surface area contributed by atoms with Gasteiger partial charge in [-0.1, -0.05) is 42.5 Å². The average Bonchev–Trinajstić information content (AvgIpc) is 3.13. The molecular weight excluding hydrogens is 364 g/mol. The first-order chi connectivity index (χ1) is 13.2. The first-order valence-electron chi connectivity index (χ1n) is 8.36. The predicted molar refractivity (Wildman–Crippen MR) is 103 cm³/mol. The van der Waals surface area contributed by atoms with E-state index in [1.54, 1.807) is 66.3 Å². The fourth-order valence-electron chi connectivity index (χ4n) is 3.09. The molecule has 0 aliphatic heterocycles. The predicted octanol–water partition coefficient (Wildman–Crippen LogP) is 5.84. The van der Waals surface area contributed by atoms with E-state index in [-0.39, 0.29) is 5.82 Å². The summed E-state index contributed by atoms with van der Waals surface area (Å²) >= 11 is 1.28. The summed E-state index contributed by atoms with van der Waals surface area (Å²) in [5.74, 6) is -0.783. The van der Waals surface area contributed by atoms with Crippen LogP contribution in [0.3, 0.4) is 0 Å². The maximum Gasteiger partial charge on any atom is 0.131 e. The highest BCUT2D eigenvalue weighted by atomic mass is 32.1. The van der Waals surface area contributed by atoms with Crippen LogP contribution in [0.1, 0.15) is 17.2 Å². The lowest BCUT2D eigenvalue weighted by Gasteiger charge is -2.16. The summed E-state index contributed by atoms with van der Waals surface area (Å²) in [4.78, 5) is 4.62. The van der Waals surface area contributed by atoms with Gasteiger partial charge in [-0.2, -0.15) is 0 Å². The highest BCUT2D eigenvalue weighted by Gasteiger charge is 2.25. The number of aliphatic hydroxyl groups is 1. The van der Waals surface area contributed by atoms with Crippen molar-refractivity contribution in [3.05, 3.63) is 101 Å². The molecule has 0 amide bonds. The second-order valence-electron chi connectivity index (χ2n) is 6.04. The number of nitrogens with zero attached hydrogens (tertiary/aromatic N) is 1. The summed E-state index contributed by atoms with van der Waals surface area (Å²) in [6, 6.07) is 16.2. The molecule has 1 atom stereocenters. The van der Waals surface area contributed by atoms with E-state index in [9.17, 15) is 13.9 Å². The van der Waals surface area contributed by atoms with Crippen LogP contribution in [0.15, 0.2) is 78.4 Å². The van der Waals surface area contributed by atoms with Crippen molar-refractivity contribution in [1.29, 1.82) is 0 Å². The van der Waals surface area contributed by atoms with Crippen LogP contribution >= 0.6 is 11.3 Å². The number of hydrogen-bond donors (Lipinski definition) is 1. The van der Waals surface area contributed by atoms with Gasteiger partial charge in [0.05, 0.1) is 0 Å². The molecule has 5 heteroatoms. The minimum Gasteiger partial charge on any atom is -0.384 e. The molecule has 0 radical (unpaired) electrons. The van der Waals surface area contributed by atoms with Crippen LogP contribution in [0.2, 0.25) is 0 Å². The normalized spacial score (nSPS) is 12.1. The SMILES string of the molecule is OC(c1cccnc1)c1c(-c2ccccc2F)csc1-c1ccccc1F. The minimum atomic E-state index is -1.06. The van der Waals surface area contributed by atoms with Crippen molar-refractivity contribution in [1.82, 2.24) is 4.98 Å². The lowest BCUT2D eigenvalue weighted by Crippen LogP contribution is -2.03. The zero-order valence-corrected chi connectivity index (χ0v) is 15.0. The Hall–Kier alpha value is -2.89. The van der Waals surface area contributed by atoms with E-state index in [0.29, 0.717) is 32.7 Å². The monoisotopic (exact) mass is 379 g/mol. The second-order valence-corrected chi connectivity index (χ2v) is 6.92. The quantitative estimate of drug-likeness (QED) is 0.483. The molecule has 0 aliphatic carbocycles. The molecule has 0 saturated carbocycles. The van der Waals surface area contributed by atoms with Gasteiger partial charge in [0.15, 0.2) is 0 Å². The van der Waals surface area contributed by atoms with E-state index < -0.39 is 11.9 Å². The van der Waals surface area contributed by atoms with E-state index in [1.807, 2.05) is 0 Å². The largest absolute Gasteiger partial charge is 0.384 e. The molecule has 134 valence electrons. The summed E-state index contributed by atoms with van der Waals surface area (Å²) in [5.41, 5.74) is 2.33. The molecule has 0 aliphatic rings. The van der Waals surface area contributed by atoms with Crippen molar-refractivity contribution in [3.8, 4) is 21.6 Å². The third-order valence-electron chi connectivity index (χ3n) is 4.39. The number of hydrogen-bond acceptors (Lipinski definition) is 3. The number of halogens is 2. The van der Waals surface area contributed by atoms with Gasteiger partial charge >= 0.3 is 0 Å². The number of pyridine rings is 1. The Morgan fingerprint density at radius 2 is 1.48 bits per heavy atom. The minimum absolute atomic E-state index is 0.370. The maximum atomic E-state index is 14.5. The van der Waals surface area contributed by atoms with Crippen molar-refractivity contribution in [3.63, 3.8) is 0 Å². The van der Waals surface area contributed by atoms with Crippen LogP contribution in [0, 0.1) is 11.6 Å². The smallest absolute Gasteiger partial charge is 0.131 e. The first-order valence-corrected chi connectivity index (χ1v) is 9.24. The zero-order chi connectivity index (χ0) is 18.8. The van der Waals surface area contributed by atoms with Crippen LogP contribution < -0.4 is 0 Å². The summed E-state index contributed by atoms with van der Waals surface area (Å²) < 4.78 is 28.9. The molecule has 2 nitrogen and oxygen atoms in total. The first kappa shape index (κ1) is 17.5. The fourth-order valence-corrected chi connectivity index (χ4v) is 4.22. The third kappa shape index (κ3) is 3.27. The van der Waals surface area contributed by atoms with E-state index >= 15 is 0 Å². The summed E-state index contributed by atoms with van der Waals surface area (Å²) in [6.07, 6.45) is 2.10. The molecule has 27 heavy (non-hydrogen) atoms. The molecule has 0 saturated heterocycles. The topological polar surface area (TPSA) is 33.1 Å². The molecule has 1 unspecified atom stereocenters. The molecule has 1 N–H and O–H groups in total. The van der Waals surface area contributed by atoms with Crippen LogP contribution in [0.5, 0.6) is 0 Å². The number of aliphatic hydroxyl groups excluding tert-OH is 1. The molecule has 0 fully saturated rings. The molecular formula is C22H15F2NOS. The van der Waals surface area contributed by atoms with Crippen LogP contribution in [-0.2, 0) is 0 Å². The van der Waals surface area contributed by atoms with Gasteiger partial charge in [0.2, 0.25) is 0 Å². The highest BCUT2D eigenvalue weighted by Crippen LogP contribution is 2.44. The van der Waals surface area contributed by atoms with Gasteiger partial charge in [0.25, 0.3) is 0 Å². The number of benzene rings is 2. The number of thiophene rings is 1. The Labute approximate surface area is 159 Å². The fraction of sp³-hybridized carbons (Fsp3) is 0.0455. The molecule has 2 aromatic heterocycles. The van der Waals surface area contributed by atoms with Gasteiger partial charge in [-0.05, 0) is 23.6 Å². The van der Waals surface area contributed by atoms with Gasteiger partial charge in [0, 0.05) is 45.1 Å². The standard InChI is InChI=1S/C22H15F2NOS/c23-18-9-3-1-7-15(18)17-13-27-22(16-8-2-4-10-19(16)24)20(17)21(26)14-6-5-11-25-12-14/h1-13,21,26H. The van der Waals surface area contributed by atoms with Crippen LogP contribution in [-0.4, -0.2) is 10.1 Å². The lowest BCUT2D eigenvalue weighted by molar-refractivity contribution is 0.221. The molecule has 4 aromatic rings. The second kappa shape index (κ2) is 7.39. The molecule has 0 spiro atoms. The van der Waals surface area contributed by atoms with E-state index in [2.05, 4.69) is 4.98 Å². The van der Waals surface area contributed by atoms with Crippen LogP contribution in [0.4, 0.5) is 8.78 Å². The van der Waals surface area contributed by atoms with E-state index in [4.69, 9.17) is 0 Å². The Morgan fingerprint density at radius 1 is 0.815 bits per heavy atom. The Bertz CT molecular complexity index is 1020. The highest BCUT2D eigenvalue weighted by molar-refractivity contribution is 7.14. The van der Waals surface area contributed by atoms with E-state index in [0.717, 1.165) is 0 Å². The number of rotatable bonds is 4. The summed E-state index contributed by atoms with van der Waals surface area (Å²) in [6.45, 7) is 0. The molecule has 0 bridgehead atoms. The lowest BCUT2D eigenvalue weighted by atomic mass is 9.93. The summed E-state index contributed by atoms with van der Waals surface area (Å²) in [7, 11) is 0. The molecule has 2 heterocycles. The van der Waals surface area contributed by atoms with Crippen LogP contribution in [0.25, 0.3) is 21.6 Å². The van der Waals surface area contributed by atoms with Crippen molar-refractivity contribution in [2.45, 2.75) is 6.10 Å². The maximum absolute atomic E-state index is 14.5. The van der Waals surface area contributed by atoms with Crippen molar-refractivity contribution in [2.75, 3.05) is 0 Å². The molecule has 2 aromatic carbocycles. The van der Waals surface area contributed by atoms with Gasteiger partial charge in [-0.25, -0.2) is 8.78 Å². The van der Waals surface area contributed by atoms with Crippen molar-refractivity contribution in [2.24, 2.45) is 0 Å². The van der Waals surface area contributed by atoms with Gasteiger partial charge in [0.1, 0.15) is 17.7 Å². The van der Waals surface area contributed by atoms with Gasteiger partial charge in [-0.3, -0.25) is 4.98 Å². The Kier molecular flexibility index (Phi) is 4.79. The number of aromatic nitrogens is 1. The third-order valence-corrected chi connectivity index (χ3v) is 5.41.